The van der Waals surface area contributed by atoms with Crippen molar-refractivity contribution in [1.82, 2.24) is 9.97 Å². The summed E-state index contributed by atoms with van der Waals surface area (Å²) in [7, 11) is 0. The number of carbonyl (C=O) groups is 2. The summed E-state index contributed by atoms with van der Waals surface area (Å²) in [5.41, 5.74) is 8.30. The number of benzene rings is 2. The van der Waals surface area contributed by atoms with E-state index in [0.717, 1.165) is 18.4 Å². The number of nitrogens with zero attached hydrogens (tertiary/aromatic N) is 2. The van der Waals surface area contributed by atoms with Crippen molar-refractivity contribution in [3.63, 3.8) is 0 Å². The molecule has 0 saturated heterocycles. The summed E-state index contributed by atoms with van der Waals surface area (Å²) in [4.78, 5) is 32.1. The van der Waals surface area contributed by atoms with Gasteiger partial charge in [0.15, 0.2) is 0 Å². The molecule has 0 aliphatic heterocycles. The third-order valence-electron chi connectivity index (χ3n) is 5.04. The molecule has 4 rings (SSSR count). The van der Waals surface area contributed by atoms with Crippen molar-refractivity contribution in [3.05, 3.63) is 71.9 Å². The van der Waals surface area contributed by atoms with Gasteiger partial charge in [0.25, 0.3) is 5.91 Å². The summed E-state index contributed by atoms with van der Waals surface area (Å²) in [6.07, 6.45) is 3.65. The van der Waals surface area contributed by atoms with E-state index in [-0.39, 0.29) is 17.5 Å². The van der Waals surface area contributed by atoms with Crippen LogP contribution in [0.3, 0.4) is 0 Å². The van der Waals surface area contributed by atoms with E-state index in [1.165, 1.54) is 13.1 Å². The molecule has 1 saturated carbocycles. The summed E-state index contributed by atoms with van der Waals surface area (Å²) in [5.74, 6) is 0.435. The molecular weight excluding hydrogens is 392 g/mol. The molecule has 2 aromatic carbocycles. The zero-order valence-corrected chi connectivity index (χ0v) is 17.1. The van der Waals surface area contributed by atoms with E-state index < -0.39 is 5.91 Å². The van der Waals surface area contributed by atoms with Crippen LogP contribution in [0.15, 0.2) is 60.8 Å². The number of hydrogen-bond donors (Lipinski definition) is 4. The van der Waals surface area contributed by atoms with Gasteiger partial charge < -0.3 is 21.7 Å². The Kier molecular flexibility index (Phi) is 5.79. The summed E-state index contributed by atoms with van der Waals surface area (Å²) in [6, 6.07) is 17.3. The van der Waals surface area contributed by atoms with Crippen LogP contribution in [0.5, 0.6) is 0 Å². The SMILES string of the molecule is CC(=O)Nc1cccc(Nc2ncc(C(N)=O)c(N[C@@H](c3ccccc3)C3CC3)n2)c1. The Balaban J connectivity index is 1.61. The predicted octanol–water partition coefficient (Wildman–Crippen LogP) is 3.84. The van der Waals surface area contributed by atoms with Crippen LogP contribution in [-0.2, 0) is 4.79 Å². The minimum Gasteiger partial charge on any atom is -0.365 e. The van der Waals surface area contributed by atoms with Gasteiger partial charge in [0, 0.05) is 24.5 Å². The van der Waals surface area contributed by atoms with Crippen molar-refractivity contribution in [3.8, 4) is 0 Å². The zero-order chi connectivity index (χ0) is 21.8. The van der Waals surface area contributed by atoms with Crippen molar-refractivity contribution in [2.45, 2.75) is 25.8 Å². The highest BCUT2D eigenvalue weighted by Crippen LogP contribution is 2.43. The summed E-state index contributed by atoms with van der Waals surface area (Å²) in [5, 5.41) is 9.28. The molecule has 0 radical (unpaired) electrons. The minimum atomic E-state index is -0.593. The molecule has 158 valence electrons. The second-order valence-electron chi connectivity index (χ2n) is 7.58. The highest BCUT2D eigenvalue weighted by atomic mass is 16.1. The number of aromatic nitrogens is 2. The summed E-state index contributed by atoms with van der Waals surface area (Å²) in [6.45, 7) is 1.45. The molecule has 8 heteroatoms. The Bertz CT molecular complexity index is 1100. The number of rotatable bonds is 8. The van der Waals surface area contributed by atoms with Gasteiger partial charge in [-0.15, -0.1) is 0 Å². The maximum absolute atomic E-state index is 12.0. The van der Waals surface area contributed by atoms with Gasteiger partial charge in [-0.25, -0.2) is 4.98 Å². The van der Waals surface area contributed by atoms with Gasteiger partial charge in [-0.1, -0.05) is 36.4 Å². The summed E-state index contributed by atoms with van der Waals surface area (Å²) >= 11 is 0. The molecule has 1 aliphatic rings. The molecule has 0 unspecified atom stereocenters. The number of primary amides is 1. The minimum absolute atomic E-state index is 0.0325. The average Bonchev–Trinajstić information content (AvgIpc) is 3.57. The van der Waals surface area contributed by atoms with Crippen LogP contribution in [0, 0.1) is 5.92 Å². The fourth-order valence-electron chi connectivity index (χ4n) is 3.45. The molecule has 0 bridgehead atoms. The van der Waals surface area contributed by atoms with Gasteiger partial charge in [0.1, 0.15) is 5.82 Å². The van der Waals surface area contributed by atoms with E-state index in [0.29, 0.717) is 29.1 Å². The Morgan fingerprint density at radius 2 is 1.81 bits per heavy atom. The Labute approximate surface area is 180 Å². The van der Waals surface area contributed by atoms with Gasteiger partial charge in [0.2, 0.25) is 11.9 Å². The first-order valence-electron chi connectivity index (χ1n) is 10.1. The smallest absolute Gasteiger partial charge is 0.254 e. The maximum Gasteiger partial charge on any atom is 0.254 e. The predicted molar refractivity (Wildman–Crippen MR) is 120 cm³/mol. The first-order valence-corrected chi connectivity index (χ1v) is 10.1. The van der Waals surface area contributed by atoms with Gasteiger partial charge in [-0.05, 0) is 42.5 Å². The topological polar surface area (TPSA) is 122 Å². The Hall–Kier alpha value is -3.94. The Morgan fingerprint density at radius 1 is 1.06 bits per heavy atom. The van der Waals surface area contributed by atoms with E-state index in [1.807, 2.05) is 30.3 Å². The average molecular weight is 416 g/mol. The second-order valence-corrected chi connectivity index (χ2v) is 7.58. The normalized spacial score (nSPS) is 13.8. The maximum atomic E-state index is 12.0. The monoisotopic (exact) mass is 416 g/mol. The first-order chi connectivity index (χ1) is 15.0. The van der Waals surface area contributed by atoms with Crippen molar-refractivity contribution in [2.24, 2.45) is 11.7 Å². The summed E-state index contributed by atoms with van der Waals surface area (Å²) < 4.78 is 0. The fraction of sp³-hybridized carbons (Fsp3) is 0.217. The van der Waals surface area contributed by atoms with E-state index in [4.69, 9.17) is 5.73 Å². The lowest BCUT2D eigenvalue weighted by Gasteiger charge is -2.21. The molecule has 1 atom stereocenters. The van der Waals surface area contributed by atoms with E-state index >= 15 is 0 Å². The van der Waals surface area contributed by atoms with Crippen molar-refractivity contribution >= 4 is 35.0 Å². The first kappa shape index (κ1) is 20.3. The molecule has 31 heavy (non-hydrogen) atoms. The highest BCUT2D eigenvalue weighted by molar-refractivity contribution is 5.97. The lowest BCUT2D eigenvalue weighted by Crippen LogP contribution is -2.20. The van der Waals surface area contributed by atoms with E-state index in [1.54, 1.807) is 12.1 Å². The molecule has 2 amide bonds. The number of hydrogen-bond acceptors (Lipinski definition) is 6. The van der Waals surface area contributed by atoms with Crippen molar-refractivity contribution < 1.29 is 9.59 Å². The van der Waals surface area contributed by atoms with Crippen molar-refractivity contribution in [1.29, 1.82) is 0 Å². The quantitative estimate of drug-likeness (QED) is 0.443. The highest BCUT2D eigenvalue weighted by Gasteiger charge is 2.33. The third kappa shape index (κ3) is 5.16. The molecule has 1 aromatic heterocycles. The number of carbonyl (C=O) groups excluding carboxylic acids is 2. The van der Waals surface area contributed by atoms with Gasteiger partial charge in [0.05, 0.1) is 11.6 Å². The molecule has 1 fully saturated rings. The van der Waals surface area contributed by atoms with Crippen LogP contribution in [0.4, 0.5) is 23.1 Å². The van der Waals surface area contributed by atoms with Crippen LogP contribution in [0.2, 0.25) is 0 Å². The number of anilines is 4. The standard InChI is InChI=1S/C23H24N6O2/c1-14(30)26-17-8-5-9-18(12-17)27-23-25-13-19(21(24)31)22(29-23)28-20(16-10-11-16)15-6-3-2-4-7-15/h2-9,12-13,16,20H,10-11H2,1H3,(H2,24,31)(H,26,30)(H2,25,27,28,29)/t20-/m0/s1. The lowest BCUT2D eigenvalue weighted by atomic mass is 10.0. The zero-order valence-electron chi connectivity index (χ0n) is 17.1. The molecule has 0 spiro atoms. The third-order valence-corrected chi connectivity index (χ3v) is 5.04. The molecule has 5 N–H and O–H groups in total. The number of nitrogens with two attached hydrogens (primary N) is 1. The Morgan fingerprint density at radius 3 is 2.48 bits per heavy atom. The largest absolute Gasteiger partial charge is 0.365 e. The van der Waals surface area contributed by atoms with Gasteiger partial charge in [-0.2, -0.15) is 4.98 Å². The molecule has 1 aliphatic carbocycles. The second kappa shape index (κ2) is 8.83. The van der Waals surface area contributed by atoms with E-state index in [9.17, 15) is 9.59 Å². The van der Waals surface area contributed by atoms with Crippen LogP contribution < -0.4 is 21.7 Å². The fourth-order valence-corrected chi connectivity index (χ4v) is 3.45. The molecule has 3 aromatic rings. The van der Waals surface area contributed by atoms with Gasteiger partial charge in [-0.3, -0.25) is 9.59 Å². The van der Waals surface area contributed by atoms with E-state index in [2.05, 4.69) is 38.1 Å². The van der Waals surface area contributed by atoms with Crippen molar-refractivity contribution in [2.75, 3.05) is 16.0 Å². The van der Waals surface area contributed by atoms with Crippen LogP contribution >= 0.6 is 0 Å². The number of amides is 2. The lowest BCUT2D eigenvalue weighted by molar-refractivity contribution is -0.114. The number of nitrogens with one attached hydrogen (secondary N) is 3. The molecule has 1 heterocycles. The molecule has 8 nitrogen and oxygen atoms in total. The van der Waals surface area contributed by atoms with Crippen LogP contribution in [0.1, 0.15) is 41.7 Å². The van der Waals surface area contributed by atoms with Gasteiger partial charge >= 0.3 is 0 Å². The molecular formula is C23H24N6O2. The van der Waals surface area contributed by atoms with Crippen LogP contribution in [-0.4, -0.2) is 21.8 Å². The van der Waals surface area contributed by atoms with Crippen LogP contribution in [0.25, 0.3) is 0 Å².